The minimum Gasteiger partial charge on any atom is -0.378 e. The molecule has 0 saturated carbocycles. The summed E-state index contributed by atoms with van der Waals surface area (Å²) in [4.78, 5) is 16.7. The number of piperidine rings is 1. The van der Waals surface area contributed by atoms with Crippen molar-refractivity contribution in [2.45, 2.75) is 24.9 Å². The molecule has 0 unspecified atom stereocenters. The number of hydrogen-bond acceptors (Lipinski definition) is 4. The van der Waals surface area contributed by atoms with Crippen LogP contribution < -0.4 is 10.2 Å². The molecule has 3 aliphatic heterocycles. The van der Waals surface area contributed by atoms with Crippen molar-refractivity contribution in [2.24, 2.45) is 5.92 Å². The molecule has 1 aromatic carbocycles. The van der Waals surface area contributed by atoms with E-state index in [1.807, 2.05) is 12.1 Å². The van der Waals surface area contributed by atoms with Crippen molar-refractivity contribution in [2.75, 3.05) is 44.3 Å². The highest BCUT2D eigenvalue weighted by atomic mass is 19.1. The number of carbonyl (C=O) groups excluding carboxylic acids is 1. The second kappa shape index (κ2) is 6.69. The smallest absolute Gasteiger partial charge is 0.227 e. The Bertz CT molecular complexity index is 604. The fourth-order valence-electron chi connectivity index (χ4n) is 4.14. The monoisotopic (exact) mass is 333 g/mol. The lowest BCUT2D eigenvalue weighted by Crippen LogP contribution is -2.50. The summed E-state index contributed by atoms with van der Waals surface area (Å²) in [5.74, 6) is -0.0851. The van der Waals surface area contributed by atoms with Gasteiger partial charge >= 0.3 is 0 Å². The first-order chi connectivity index (χ1) is 11.7. The summed E-state index contributed by atoms with van der Waals surface area (Å²) >= 11 is 0. The molecule has 4 rings (SSSR count). The standard InChI is InChI=1S/C18H24FN3O2/c19-16-3-1-2-4-17(16)21-7-5-15(6-8-21)22-9-13-11-24-12-14(10-22)20-18(13)23/h1-4,13-15H,5-12H2,(H,20,23)/t13-,14+/m1/s1. The van der Waals surface area contributed by atoms with E-state index in [9.17, 15) is 9.18 Å². The predicted octanol–water partition coefficient (Wildman–Crippen LogP) is 1.24. The maximum Gasteiger partial charge on any atom is 0.227 e. The van der Waals surface area contributed by atoms with E-state index in [2.05, 4.69) is 15.1 Å². The molecule has 1 aromatic rings. The van der Waals surface area contributed by atoms with Crippen LogP contribution in [-0.4, -0.2) is 62.3 Å². The Kier molecular flexibility index (Phi) is 4.41. The van der Waals surface area contributed by atoms with Gasteiger partial charge in [-0.1, -0.05) is 12.1 Å². The molecule has 3 fully saturated rings. The Morgan fingerprint density at radius 2 is 1.92 bits per heavy atom. The first-order valence-corrected chi connectivity index (χ1v) is 8.82. The van der Waals surface area contributed by atoms with Crippen molar-refractivity contribution in [1.82, 2.24) is 10.2 Å². The molecular formula is C18H24FN3O2. The summed E-state index contributed by atoms with van der Waals surface area (Å²) in [6, 6.07) is 7.55. The molecule has 130 valence electrons. The van der Waals surface area contributed by atoms with Crippen LogP contribution in [0, 0.1) is 11.7 Å². The van der Waals surface area contributed by atoms with E-state index in [4.69, 9.17) is 4.74 Å². The summed E-state index contributed by atoms with van der Waals surface area (Å²) in [5.41, 5.74) is 0.703. The van der Waals surface area contributed by atoms with Crippen molar-refractivity contribution in [3.05, 3.63) is 30.1 Å². The number of rotatable bonds is 2. The number of amides is 1. The van der Waals surface area contributed by atoms with Crippen molar-refractivity contribution >= 4 is 11.6 Å². The van der Waals surface area contributed by atoms with Gasteiger partial charge in [-0.25, -0.2) is 4.39 Å². The lowest BCUT2D eigenvalue weighted by molar-refractivity contribution is -0.125. The minimum atomic E-state index is -0.146. The van der Waals surface area contributed by atoms with E-state index in [1.54, 1.807) is 6.07 Å². The van der Waals surface area contributed by atoms with E-state index >= 15 is 0 Å². The average Bonchev–Trinajstić information content (AvgIpc) is 2.84. The molecule has 3 heterocycles. The molecule has 24 heavy (non-hydrogen) atoms. The molecule has 1 N–H and O–H groups in total. The minimum absolute atomic E-state index is 0.0675. The summed E-state index contributed by atoms with van der Waals surface area (Å²) in [6.07, 6.45) is 2.01. The van der Waals surface area contributed by atoms with E-state index < -0.39 is 0 Å². The van der Waals surface area contributed by atoms with Crippen LogP contribution in [0.25, 0.3) is 0 Å². The van der Waals surface area contributed by atoms with Gasteiger partial charge in [0, 0.05) is 32.2 Å². The van der Waals surface area contributed by atoms with Crippen LogP contribution in [0.1, 0.15) is 12.8 Å². The second-order valence-corrected chi connectivity index (χ2v) is 7.06. The van der Waals surface area contributed by atoms with Gasteiger partial charge in [-0.2, -0.15) is 0 Å². The first-order valence-electron chi connectivity index (χ1n) is 8.82. The molecule has 2 bridgehead atoms. The van der Waals surface area contributed by atoms with Gasteiger partial charge in [-0.15, -0.1) is 0 Å². The number of benzene rings is 1. The molecule has 5 nitrogen and oxygen atoms in total. The van der Waals surface area contributed by atoms with Crippen LogP contribution in [0.2, 0.25) is 0 Å². The zero-order chi connectivity index (χ0) is 16.5. The van der Waals surface area contributed by atoms with Gasteiger partial charge < -0.3 is 15.0 Å². The van der Waals surface area contributed by atoms with Crippen molar-refractivity contribution < 1.29 is 13.9 Å². The second-order valence-electron chi connectivity index (χ2n) is 7.06. The third-order valence-corrected chi connectivity index (χ3v) is 5.44. The van der Waals surface area contributed by atoms with Gasteiger partial charge in [0.05, 0.1) is 30.9 Å². The van der Waals surface area contributed by atoms with Crippen LogP contribution in [0.4, 0.5) is 10.1 Å². The van der Waals surface area contributed by atoms with E-state index in [-0.39, 0.29) is 23.7 Å². The Hall–Kier alpha value is -1.66. The number of para-hydroxylation sites is 1. The normalized spacial score (nSPS) is 29.2. The van der Waals surface area contributed by atoms with Gasteiger partial charge in [-0.3, -0.25) is 9.69 Å². The van der Waals surface area contributed by atoms with Gasteiger partial charge in [0.25, 0.3) is 0 Å². The molecule has 3 aliphatic rings. The van der Waals surface area contributed by atoms with Crippen molar-refractivity contribution in [3.63, 3.8) is 0 Å². The third-order valence-electron chi connectivity index (χ3n) is 5.44. The van der Waals surface area contributed by atoms with Gasteiger partial charge in [0.1, 0.15) is 5.82 Å². The number of fused-ring (bicyclic) bond motifs is 3. The zero-order valence-electron chi connectivity index (χ0n) is 13.8. The van der Waals surface area contributed by atoms with Crippen LogP contribution in [0.5, 0.6) is 0 Å². The number of carbonyl (C=O) groups is 1. The number of nitrogens with zero attached hydrogens (tertiary/aromatic N) is 2. The topological polar surface area (TPSA) is 44.8 Å². The average molecular weight is 333 g/mol. The summed E-state index contributed by atoms with van der Waals surface area (Å²) in [6.45, 7) is 4.46. The fraction of sp³-hybridized carbons (Fsp3) is 0.611. The SMILES string of the molecule is O=C1N[C@@H]2COC[C@H]1CN(C1CCN(c3ccccc3F)CC1)C2. The van der Waals surface area contributed by atoms with Crippen LogP contribution in [0.3, 0.4) is 0 Å². The van der Waals surface area contributed by atoms with Crippen molar-refractivity contribution in [3.8, 4) is 0 Å². The highest BCUT2D eigenvalue weighted by molar-refractivity contribution is 5.80. The molecule has 0 aliphatic carbocycles. The van der Waals surface area contributed by atoms with Crippen LogP contribution >= 0.6 is 0 Å². The molecule has 6 heteroatoms. The molecule has 1 amide bonds. The first kappa shape index (κ1) is 15.8. The van der Waals surface area contributed by atoms with Crippen molar-refractivity contribution in [1.29, 1.82) is 0 Å². The number of halogens is 1. The highest BCUT2D eigenvalue weighted by Gasteiger charge is 2.36. The van der Waals surface area contributed by atoms with E-state index in [0.717, 1.165) is 39.0 Å². The third kappa shape index (κ3) is 3.13. The molecule has 0 radical (unpaired) electrons. The quantitative estimate of drug-likeness (QED) is 0.885. The van der Waals surface area contributed by atoms with E-state index in [1.165, 1.54) is 6.07 Å². The molecule has 2 atom stereocenters. The summed E-state index contributed by atoms with van der Waals surface area (Å²) in [7, 11) is 0. The Morgan fingerprint density at radius 3 is 2.71 bits per heavy atom. The van der Waals surface area contributed by atoms with Crippen LogP contribution in [-0.2, 0) is 9.53 Å². The summed E-state index contributed by atoms with van der Waals surface area (Å²) < 4.78 is 19.6. The highest BCUT2D eigenvalue weighted by Crippen LogP contribution is 2.26. The van der Waals surface area contributed by atoms with Gasteiger partial charge in [0.2, 0.25) is 5.91 Å². The number of hydrogen-bond donors (Lipinski definition) is 1. The molecule has 3 saturated heterocycles. The fourth-order valence-corrected chi connectivity index (χ4v) is 4.14. The Labute approximate surface area is 141 Å². The van der Waals surface area contributed by atoms with E-state index in [0.29, 0.717) is 24.9 Å². The predicted molar refractivity (Wildman–Crippen MR) is 89.4 cm³/mol. The maximum absolute atomic E-state index is 14.0. The Balaban J connectivity index is 1.41. The largest absolute Gasteiger partial charge is 0.378 e. The lowest BCUT2D eigenvalue weighted by Gasteiger charge is -2.40. The molecule has 0 aromatic heterocycles. The molecular weight excluding hydrogens is 309 g/mol. The van der Waals surface area contributed by atoms with Gasteiger partial charge in [-0.05, 0) is 25.0 Å². The molecule has 0 spiro atoms. The van der Waals surface area contributed by atoms with Gasteiger partial charge in [0.15, 0.2) is 0 Å². The zero-order valence-corrected chi connectivity index (χ0v) is 13.8. The van der Waals surface area contributed by atoms with Crippen LogP contribution in [0.15, 0.2) is 24.3 Å². The number of ether oxygens (including phenoxy) is 1. The Morgan fingerprint density at radius 1 is 1.12 bits per heavy atom. The lowest BCUT2D eigenvalue weighted by atomic mass is 10.00. The number of anilines is 1. The maximum atomic E-state index is 14.0. The number of nitrogens with one attached hydrogen (secondary N) is 1. The summed E-state index contributed by atoms with van der Waals surface area (Å²) in [5, 5.41) is 3.09.